The summed E-state index contributed by atoms with van der Waals surface area (Å²) in [7, 11) is 4.03. The zero-order valence-electron chi connectivity index (χ0n) is 19.5. The second-order valence-electron chi connectivity index (χ2n) is 8.82. The number of aromatic amines is 2. The Morgan fingerprint density at radius 1 is 0.917 bits per heavy atom. The Labute approximate surface area is 204 Å². The number of pyridine rings is 3. The van der Waals surface area contributed by atoms with Gasteiger partial charge in [0.15, 0.2) is 11.5 Å². The van der Waals surface area contributed by atoms with Crippen molar-refractivity contribution in [1.29, 1.82) is 0 Å². The van der Waals surface area contributed by atoms with E-state index < -0.39 is 5.82 Å². The van der Waals surface area contributed by atoms with Crippen molar-refractivity contribution in [2.45, 2.75) is 6.54 Å². The SMILES string of the molecule is CN(C)Cc1cncc(-c2ccc3[nH]nc(-c4nc5c(-c6cc(O)cc(F)c6)nccc5[nH]4)c3n2)c1. The van der Waals surface area contributed by atoms with Gasteiger partial charge >= 0.3 is 0 Å². The van der Waals surface area contributed by atoms with Gasteiger partial charge in [-0.1, -0.05) is 0 Å². The highest BCUT2D eigenvalue weighted by atomic mass is 19.1. The van der Waals surface area contributed by atoms with Gasteiger partial charge in [-0.05, 0) is 56.1 Å². The molecule has 0 spiro atoms. The van der Waals surface area contributed by atoms with Crippen LogP contribution in [0.5, 0.6) is 5.75 Å². The standard InChI is InChI=1S/C26H21FN8O/c1-35(2)13-14-7-16(12-28-11-14)19-3-4-21-24(30-19)25(34-33-21)26-31-20-5-6-29-22(23(20)32-26)15-8-17(27)10-18(36)9-15/h3-12,36H,13H2,1-2H3,(H,31,32)(H,33,34). The highest BCUT2D eigenvalue weighted by molar-refractivity contribution is 5.95. The molecule has 0 saturated heterocycles. The summed E-state index contributed by atoms with van der Waals surface area (Å²) < 4.78 is 13.9. The fourth-order valence-electron chi connectivity index (χ4n) is 4.27. The minimum absolute atomic E-state index is 0.182. The van der Waals surface area contributed by atoms with Crippen LogP contribution in [-0.4, -0.2) is 59.2 Å². The summed E-state index contributed by atoms with van der Waals surface area (Å²) >= 11 is 0. The average Bonchev–Trinajstić information content (AvgIpc) is 3.46. The number of hydrogen-bond donors (Lipinski definition) is 3. The number of halogens is 1. The first-order valence-corrected chi connectivity index (χ1v) is 11.2. The van der Waals surface area contributed by atoms with Crippen molar-refractivity contribution in [1.82, 2.24) is 40.0 Å². The predicted molar refractivity (Wildman–Crippen MR) is 134 cm³/mol. The Morgan fingerprint density at radius 2 is 1.78 bits per heavy atom. The van der Waals surface area contributed by atoms with E-state index in [0.717, 1.165) is 34.9 Å². The molecule has 3 N–H and O–H groups in total. The van der Waals surface area contributed by atoms with Crippen LogP contribution in [0.2, 0.25) is 0 Å². The molecule has 5 heterocycles. The molecule has 178 valence electrons. The van der Waals surface area contributed by atoms with Gasteiger partial charge in [0, 0.05) is 42.3 Å². The lowest BCUT2D eigenvalue weighted by Crippen LogP contribution is -2.10. The second kappa shape index (κ2) is 8.51. The lowest BCUT2D eigenvalue weighted by atomic mass is 10.1. The number of H-pyrrole nitrogens is 2. The van der Waals surface area contributed by atoms with E-state index in [1.807, 2.05) is 32.4 Å². The van der Waals surface area contributed by atoms with E-state index in [9.17, 15) is 9.50 Å². The molecule has 0 unspecified atom stereocenters. The van der Waals surface area contributed by atoms with E-state index in [-0.39, 0.29) is 5.75 Å². The van der Waals surface area contributed by atoms with E-state index in [4.69, 9.17) is 9.97 Å². The quantitative estimate of drug-likeness (QED) is 0.332. The minimum Gasteiger partial charge on any atom is -0.508 e. The number of aromatic nitrogens is 7. The zero-order valence-corrected chi connectivity index (χ0v) is 19.5. The van der Waals surface area contributed by atoms with Crippen LogP contribution in [0.3, 0.4) is 0 Å². The highest BCUT2D eigenvalue weighted by Crippen LogP contribution is 2.32. The van der Waals surface area contributed by atoms with Crippen LogP contribution in [0.4, 0.5) is 4.39 Å². The van der Waals surface area contributed by atoms with Crippen molar-refractivity contribution in [2.75, 3.05) is 14.1 Å². The first-order valence-electron chi connectivity index (χ1n) is 11.2. The normalized spacial score (nSPS) is 11.7. The van der Waals surface area contributed by atoms with E-state index in [2.05, 4.69) is 36.1 Å². The van der Waals surface area contributed by atoms with E-state index >= 15 is 0 Å². The maximum Gasteiger partial charge on any atom is 0.161 e. The zero-order chi connectivity index (χ0) is 24.8. The van der Waals surface area contributed by atoms with Crippen LogP contribution in [-0.2, 0) is 6.54 Å². The van der Waals surface area contributed by atoms with Crippen molar-refractivity contribution in [2.24, 2.45) is 0 Å². The topological polar surface area (TPSA) is 120 Å². The van der Waals surface area contributed by atoms with E-state index in [1.165, 1.54) is 12.1 Å². The Balaban J connectivity index is 1.45. The third-order valence-electron chi connectivity index (χ3n) is 5.78. The average molecular weight is 481 g/mol. The summed E-state index contributed by atoms with van der Waals surface area (Å²) in [6.07, 6.45) is 5.25. The molecule has 0 amide bonds. The van der Waals surface area contributed by atoms with Gasteiger partial charge in [0.25, 0.3) is 0 Å². The van der Waals surface area contributed by atoms with Crippen LogP contribution < -0.4 is 0 Å². The summed E-state index contributed by atoms with van der Waals surface area (Å²) in [6.45, 7) is 0.776. The molecule has 1 aromatic carbocycles. The number of aromatic hydroxyl groups is 1. The summed E-state index contributed by atoms with van der Waals surface area (Å²) in [5.41, 5.74) is 6.84. The Morgan fingerprint density at radius 3 is 2.61 bits per heavy atom. The lowest BCUT2D eigenvalue weighted by molar-refractivity contribution is 0.402. The number of rotatable bonds is 5. The molecule has 36 heavy (non-hydrogen) atoms. The van der Waals surface area contributed by atoms with Gasteiger partial charge in [-0.2, -0.15) is 5.10 Å². The maximum atomic E-state index is 13.9. The lowest BCUT2D eigenvalue weighted by Gasteiger charge is -2.10. The van der Waals surface area contributed by atoms with Gasteiger partial charge in [0.2, 0.25) is 0 Å². The number of imidazole rings is 1. The molecule has 0 fully saturated rings. The summed E-state index contributed by atoms with van der Waals surface area (Å²) in [4.78, 5) is 23.7. The highest BCUT2D eigenvalue weighted by Gasteiger charge is 2.18. The summed E-state index contributed by atoms with van der Waals surface area (Å²) in [5.74, 6) is -0.243. The largest absolute Gasteiger partial charge is 0.508 e. The molecular formula is C26H21FN8O. The number of fused-ring (bicyclic) bond motifs is 2. The molecule has 9 nitrogen and oxygen atoms in total. The number of hydrogen-bond acceptors (Lipinski definition) is 7. The van der Waals surface area contributed by atoms with E-state index in [1.54, 1.807) is 18.5 Å². The van der Waals surface area contributed by atoms with Crippen molar-refractivity contribution in [3.8, 4) is 39.8 Å². The second-order valence-corrected chi connectivity index (χ2v) is 8.82. The van der Waals surface area contributed by atoms with Crippen LogP contribution in [0.15, 0.2) is 61.1 Å². The van der Waals surface area contributed by atoms with Gasteiger partial charge in [-0.25, -0.2) is 14.4 Å². The molecule has 0 radical (unpaired) electrons. The van der Waals surface area contributed by atoms with Crippen LogP contribution in [0.1, 0.15) is 5.56 Å². The Kier molecular flexibility index (Phi) is 5.15. The number of phenolic OH excluding ortho intramolecular Hbond substituents is 1. The first-order chi connectivity index (χ1) is 17.4. The first kappa shape index (κ1) is 21.8. The summed E-state index contributed by atoms with van der Waals surface area (Å²) in [5, 5.41) is 17.3. The molecular weight excluding hydrogens is 459 g/mol. The number of phenols is 1. The number of nitrogens with one attached hydrogen (secondary N) is 2. The number of benzene rings is 1. The minimum atomic E-state index is -0.557. The van der Waals surface area contributed by atoms with Crippen molar-refractivity contribution in [3.63, 3.8) is 0 Å². The maximum absolute atomic E-state index is 13.9. The fourth-order valence-corrected chi connectivity index (χ4v) is 4.27. The van der Waals surface area contributed by atoms with Gasteiger partial charge in [0.1, 0.15) is 22.6 Å². The van der Waals surface area contributed by atoms with E-state index in [0.29, 0.717) is 39.3 Å². The molecule has 0 aliphatic heterocycles. The van der Waals surface area contributed by atoms with Crippen LogP contribution in [0.25, 0.3) is 56.1 Å². The molecule has 6 rings (SSSR count). The van der Waals surface area contributed by atoms with Crippen molar-refractivity contribution < 1.29 is 9.50 Å². The van der Waals surface area contributed by atoms with Crippen molar-refractivity contribution >= 4 is 22.1 Å². The number of nitrogens with zero attached hydrogens (tertiary/aromatic N) is 6. The van der Waals surface area contributed by atoms with Gasteiger partial charge in [0.05, 0.1) is 22.4 Å². The predicted octanol–water partition coefficient (Wildman–Crippen LogP) is 4.53. The third kappa shape index (κ3) is 3.93. The summed E-state index contributed by atoms with van der Waals surface area (Å²) in [6, 6.07) is 11.5. The van der Waals surface area contributed by atoms with Crippen molar-refractivity contribution in [3.05, 3.63) is 72.4 Å². The molecule has 0 atom stereocenters. The molecule has 0 aliphatic rings. The fraction of sp³-hybridized carbons (Fsp3) is 0.115. The Hall–Kier alpha value is -4.70. The van der Waals surface area contributed by atoms with Gasteiger partial charge in [-0.15, -0.1) is 0 Å². The smallest absolute Gasteiger partial charge is 0.161 e. The van der Waals surface area contributed by atoms with Gasteiger partial charge in [-0.3, -0.25) is 15.1 Å². The Bertz CT molecular complexity index is 1720. The van der Waals surface area contributed by atoms with Crippen LogP contribution >= 0.6 is 0 Å². The van der Waals surface area contributed by atoms with Crippen LogP contribution in [0, 0.1) is 5.82 Å². The monoisotopic (exact) mass is 480 g/mol. The molecule has 6 aromatic rings. The molecule has 0 bridgehead atoms. The third-order valence-corrected chi connectivity index (χ3v) is 5.78. The molecule has 5 aromatic heterocycles. The molecule has 0 saturated carbocycles. The molecule has 10 heteroatoms. The molecule has 0 aliphatic carbocycles. The van der Waals surface area contributed by atoms with Gasteiger partial charge < -0.3 is 15.0 Å².